The van der Waals surface area contributed by atoms with E-state index in [0.29, 0.717) is 5.92 Å². The van der Waals surface area contributed by atoms with Crippen LogP contribution < -0.4 is 0 Å². The van der Waals surface area contributed by atoms with Crippen molar-refractivity contribution in [2.75, 3.05) is 6.54 Å². The van der Waals surface area contributed by atoms with Gasteiger partial charge in [0, 0.05) is 49.4 Å². The Morgan fingerprint density at radius 1 is 1.12 bits per heavy atom. The zero-order valence-electron chi connectivity index (χ0n) is 15.6. The lowest BCUT2D eigenvalue weighted by Gasteiger charge is -2.29. The molecule has 1 saturated carbocycles. The smallest absolute Gasteiger partial charge is 0.131 e. The molecule has 1 aliphatic heterocycles. The molecule has 0 saturated heterocycles. The van der Waals surface area contributed by atoms with Gasteiger partial charge in [-0.05, 0) is 37.8 Å². The number of benzene rings is 1. The average Bonchev–Trinajstić information content (AvgIpc) is 2.65. The monoisotopic (exact) mass is 335 g/mol. The van der Waals surface area contributed by atoms with E-state index >= 15 is 0 Å². The molecule has 3 heteroatoms. The van der Waals surface area contributed by atoms with Gasteiger partial charge in [0.2, 0.25) is 0 Å². The summed E-state index contributed by atoms with van der Waals surface area (Å²) in [6.07, 6.45) is 9.79. The van der Waals surface area contributed by atoms with Gasteiger partial charge in [-0.3, -0.25) is 4.90 Å². The largest absolute Gasteiger partial charge is 0.294 e. The molecule has 0 unspecified atom stereocenters. The summed E-state index contributed by atoms with van der Waals surface area (Å²) in [6.45, 7) is 7.49. The number of fused-ring (bicyclic) bond motifs is 1. The van der Waals surface area contributed by atoms with E-state index in [2.05, 4.69) is 43.1 Å². The molecule has 1 aliphatic carbocycles. The Morgan fingerprint density at radius 3 is 2.80 bits per heavy atom. The van der Waals surface area contributed by atoms with Crippen molar-refractivity contribution < 1.29 is 0 Å². The highest BCUT2D eigenvalue weighted by molar-refractivity contribution is 5.31. The number of nitrogens with zero attached hydrogens (tertiary/aromatic N) is 3. The average molecular weight is 335 g/mol. The summed E-state index contributed by atoms with van der Waals surface area (Å²) in [4.78, 5) is 12.3. The van der Waals surface area contributed by atoms with Crippen molar-refractivity contribution in [3.05, 3.63) is 58.2 Å². The van der Waals surface area contributed by atoms with Crippen molar-refractivity contribution in [3.8, 4) is 0 Å². The van der Waals surface area contributed by atoms with E-state index in [1.807, 2.05) is 0 Å². The zero-order valence-corrected chi connectivity index (χ0v) is 15.6. The lowest BCUT2D eigenvalue weighted by molar-refractivity contribution is 0.241. The maximum Gasteiger partial charge on any atom is 0.131 e. The molecular weight excluding hydrogens is 306 g/mol. The van der Waals surface area contributed by atoms with E-state index in [1.165, 1.54) is 60.1 Å². The molecule has 2 heterocycles. The Kier molecular flexibility index (Phi) is 4.85. The summed E-state index contributed by atoms with van der Waals surface area (Å²) in [6, 6.07) is 6.76. The predicted molar refractivity (Wildman–Crippen MR) is 102 cm³/mol. The maximum atomic E-state index is 4.97. The van der Waals surface area contributed by atoms with Gasteiger partial charge in [-0.2, -0.15) is 0 Å². The first-order valence-electron chi connectivity index (χ1n) is 9.82. The topological polar surface area (TPSA) is 29.0 Å². The minimum absolute atomic E-state index is 0.604. The minimum Gasteiger partial charge on any atom is -0.294 e. The molecule has 0 atom stereocenters. The molecule has 2 aliphatic rings. The highest BCUT2D eigenvalue weighted by Gasteiger charge is 2.22. The molecular formula is C22H29N3. The van der Waals surface area contributed by atoms with Gasteiger partial charge in [-0.1, -0.05) is 43.0 Å². The molecule has 1 aromatic carbocycles. The molecule has 2 aromatic rings. The van der Waals surface area contributed by atoms with Crippen molar-refractivity contribution in [1.82, 2.24) is 14.9 Å². The van der Waals surface area contributed by atoms with Crippen molar-refractivity contribution in [1.29, 1.82) is 0 Å². The zero-order chi connectivity index (χ0) is 17.2. The maximum absolute atomic E-state index is 4.97. The SMILES string of the molecule is Cc1ccc(C)c(CN2CCc3nc(C4CCCCC4)ncc3C2)c1. The van der Waals surface area contributed by atoms with E-state index < -0.39 is 0 Å². The Hall–Kier alpha value is -1.74. The number of aryl methyl sites for hydroxylation is 2. The van der Waals surface area contributed by atoms with Crippen LogP contribution in [-0.4, -0.2) is 21.4 Å². The molecule has 0 bridgehead atoms. The molecule has 132 valence electrons. The van der Waals surface area contributed by atoms with Gasteiger partial charge >= 0.3 is 0 Å². The molecule has 0 amide bonds. The van der Waals surface area contributed by atoms with Crippen molar-refractivity contribution >= 4 is 0 Å². The second-order valence-corrected chi connectivity index (χ2v) is 7.93. The fourth-order valence-electron chi connectivity index (χ4n) is 4.29. The fraction of sp³-hybridized carbons (Fsp3) is 0.545. The van der Waals surface area contributed by atoms with Crippen LogP contribution in [0.3, 0.4) is 0 Å². The van der Waals surface area contributed by atoms with E-state index in [0.717, 1.165) is 31.9 Å². The first kappa shape index (κ1) is 16.7. The molecule has 4 rings (SSSR count). The fourth-order valence-corrected chi connectivity index (χ4v) is 4.29. The second kappa shape index (κ2) is 7.25. The van der Waals surface area contributed by atoms with Crippen LogP contribution in [0.4, 0.5) is 0 Å². The highest BCUT2D eigenvalue weighted by Crippen LogP contribution is 2.31. The molecule has 25 heavy (non-hydrogen) atoms. The Morgan fingerprint density at radius 2 is 1.96 bits per heavy atom. The standard InChI is InChI=1S/C22H29N3/c1-16-8-9-17(2)19(12-16)14-25-11-10-21-20(15-25)13-23-22(24-21)18-6-4-3-5-7-18/h8-9,12-13,18H,3-7,10-11,14-15H2,1-2H3. The van der Waals surface area contributed by atoms with Gasteiger partial charge in [0.15, 0.2) is 0 Å². The van der Waals surface area contributed by atoms with E-state index in [-0.39, 0.29) is 0 Å². The lowest BCUT2D eigenvalue weighted by atomic mass is 9.88. The van der Waals surface area contributed by atoms with Crippen molar-refractivity contribution in [3.63, 3.8) is 0 Å². The summed E-state index contributed by atoms with van der Waals surface area (Å²) in [5.41, 5.74) is 6.81. The van der Waals surface area contributed by atoms with Crippen LogP contribution in [0, 0.1) is 13.8 Å². The first-order valence-corrected chi connectivity index (χ1v) is 9.82. The molecule has 0 N–H and O–H groups in total. The number of hydrogen-bond donors (Lipinski definition) is 0. The molecule has 1 fully saturated rings. The van der Waals surface area contributed by atoms with E-state index in [9.17, 15) is 0 Å². The number of hydrogen-bond acceptors (Lipinski definition) is 3. The summed E-state index contributed by atoms with van der Waals surface area (Å²) >= 11 is 0. The third-order valence-electron chi connectivity index (χ3n) is 5.90. The summed E-state index contributed by atoms with van der Waals surface area (Å²) in [5.74, 6) is 1.72. The van der Waals surface area contributed by atoms with Gasteiger partial charge in [-0.15, -0.1) is 0 Å². The minimum atomic E-state index is 0.604. The molecule has 0 radical (unpaired) electrons. The van der Waals surface area contributed by atoms with Crippen LogP contribution in [-0.2, 0) is 19.5 Å². The Balaban J connectivity index is 1.47. The number of rotatable bonds is 3. The van der Waals surface area contributed by atoms with Crippen LogP contribution in [0.5, 0.6) is 0 Å². The summed E-state index contributed by atoms with van der Waals surface area (Å²) in [5, 5.41) is 0. The Bertz CT molecular complexity index is 747. The molecule has 3 nitrogen and oxygen atoms in total. The Labute approximate surface area is 151 Å². The van der Waals surface area contributed by atoms with Crippen molar-refractivity contribution in [2.24, 2.45) is 0 Å². The van der Waals surface area contributed by atoms with Crippen LogP contribution in [0.15, 0.2) is 24.4 Å². The van der Waals surface area contributed by atoms with Gasteiger partial charge in [0.25, 0.3) is 0 Å². The van der Waals surface area contributed by atoms with Gasteiger partial charge in [0.1, 0.15) is 5.82 Å². The normalized spacial score (nSPS) is 19.0. The molecule has 0 spiro atoms. The van der Waals surface area contributed by atoms with Crippen LogP contribution in [0.1, 0.15) is 71.8 Å². The van der Waals surface area contributed by atoms with Gasteiger partial charge in [0.05, 0.1) is 0 Å². The summed E-state index contributed by atoms with van der Waals surface area (Å²) < 4.78 is 0. The van der Waals surface area contributed by atoms with Gasteiger partial charge < -0.3 is 0 Å². The summed E-state index contributed by atoms with van der Waals surface area (Å²) in [7, 11) is 0. The quantitative estimate of drug-likeness (QED) is 0.814. The second-order valence-electron chi connectivity index (χ2n) is 7.93. The van der Waals surface area contributed by atoms with Crippen LogP contribution in [0.2, 0.25) is 0 Å². The predicted octanol–water partition coefficient (Wildman–Crippen LogP) is 4.70. The first-order chi connectivity index (χ1) is 12.2. The molecule has 1 aromatic heterocycles. The van der Waals surface area contributed by atoms with Crippen molar-refractivity contribution in [2.45, 2.75) is 71.4 Å². The van der Waals surface area contributed by atoms with E-state index in [4.69, 9.17) is 9.97 Å². The van der Waals surface area contributed by atoms with E-state index in [1.54, 1.807) is 0 Å². The lowest BCUT2D eigenvalue weighted by Crippen LogP contribution is -2.31. The van der Waals surface area contributed by atoms with Gasteiger partial charge in [-0.25, -0.2) is 9.97 Å². The van der Waals surface area contributed by atoms with Crippen LogP contribution >= 0.6 is 0 Å². The third kappa shape index (κ3) is 3.77. The third-order valence-corrected chi connectivity index (χ3v) is 5.90. The van der Waals surface area contributed by atoms with Crippen LogP contribution in [0.25, 0.3) is 0 Å². The number of aromatic nitrogens is 2. The highest BCUT2D eigenvalue weighted by atomic mass is 15.1.